The molecule has 0 saturated carbocycles. The molecule has 3 rings (SSSR count). The van der Waals surface area contributed by atoms with Crippen molar-refractivity contribution in [3.05, 3.63) is 44.2 Å². The number of carbonyl (C=O) groups excluding carboxylic acids is 1. The van der Waals surface area contributed by atoms with Crippen molar-refractivity contribution in [2.75, 3.05) is 13.1 Å². The maximum Gasteiger partial charge on any atom is 0.328 e. The molecule has 22 heavy (non-hydrogen) atoms. The minimum Gasteiger partial charge on any atom is -0.342 e. The Morgan fingerprint density at radius 1 is 1.32 bits per heavy atom. The summed E-state index contributed by atoms with van der Waals surface area (Å²) in [7, 11) is 1.41. The Balaban J connectivity index is 1.71. The molecule has 6 nitrogen and oxygen atoms in total. The number of hydrogen-bond donors (Lipinski definition) is 1. The van der Waals surface area contributed by atoms with Crippen LogP contribution in [0.5, 0.6) is 0 Å². The molecule has 6 heteroatoms. The molecule has 1 saturated heterocycles. The van der Waals surface area contributed by atoms with Crippen LogP contribution in [0.2, 0.25) is 0 Å². The number of aromatic nitrogens is 2. The maximum absolute atomic E-state index is 12.5. The summed E-state index contributed by atoms with van der Waals surface area (Å²) in [6.07, 6.45) is 5.79. The zero-order valence-electron chi connectivity index (χ0n) is 13.0. The molecule has 1 aromatic rings. The standard InChI is InChI=1S/C16H21N3O3/c1-10-3-4-11-8-19(9-13(11)5-10)14(20)6-12-7-17-16(22)18(2)15(12)21/h3,7,11,13H,4-6,8-9H2,1-2H3,(H,17,22)/t11-,13+/m1/s1. The Morgan fingerprint density at radius 3 is 2.82 bits per heavy atom. The molecular formula is C16H21N3O3. The van der Waals surface area contributed by atoms with Crippen LogP contribution in [0.3, 0.4) is 0 Å². The average molecular weight is 303 g/mol. The van der Waals surface area contributed by atoms with Crippen LogP contribution in [0.4, 0.5) is 0 Å². The van der Waals surface area contributed by atoms with Crippen LogP contribution in [-0.4, -0.2) is 33.4 Å². The Morgan fingerprint density at radius 2 is 2.05 bits per heavy atom. The van der Waals surface area contributed by atoms with Gasteiger partial charge in [-0.05, 0) is 31.6 Å². The number of H-pyrrole nitrogens is 1. The van der Waals surface area contributed by atoms with Crippen molar-refractivity contribution in [2.24, 2.45) is 18.9 Å². The number of nitrogens with zero attached hydrogens (tertiary/aromatic N) is 2. The zero-order valence-corrected chi connectivity index (χ0v) is 13.0. The summed E-state index contributed by atoms with van der Waals surface area (Å²) in [4.78, 5) is 40.2. The van der Waals surface area contributed by atoms with Gasteiger partial charge in [-0.15, -0.1) is 0 Å². The number of fused-ring (bicyclic) bond motifs is 1. The molecule has 118 valence electrons. The van der Waals surface area contributed by atoms with Gasteiger partial charge in [-0.3, -0.25) is 14.2 Å². The predicted molar refractivity (Wildman–Crippen MR) is 82.6 cm³/mol. The van der Waals surface area contributed by atoms with Crippen LogP contribution >= 0.6 is 0 Å². The molecule has 0 radical (unpaired) electrons. The first-order valence-corrected chi connectivity index (χ1v) is 7.66. The molecule has 2 heterocycles. The quantitative estimate of drug-likeness (QED) is 0.805. The first kappa shape index (κ1) is 14.8. The fraction of sp³-hybridized carbons (Fsp3) is 0.562. The van der Waals surface area contributed by atoms with Gasteiger partial charge >= 0.3 is 5.69 Å². The molecule has 0 bridgehead atoms. The second-order valence-corrected chi connectivity index (χ2v) is 6.47. The first-order chi connectivity index (χ1) is 10.5. The molecule has 2 aliphatic rings. The summed E-state index contributed by atoms with van der Waals surface area (Å²) in [6.45, 7) is 3.69. The van der Waals surface area contributed by atoms with Crippen LogP contribution in [0.1, 0.15) is 25.3 Å². The van der Waals surface area contributed by atoms with Crippen LogP contribution in [0.15, 0.2) is 27.4 Å². The van der Waals surface area contributed by atoms with E-state index in [9.17, 15) is 14.4 Å². The smallest absolute Gasteiger partial charge is 0.328 e. The molecule has 2 atom stereocenters. The highest BCUT2D eigenvalue weighted by atomic mass is 16.2. The maximum atomic E-state index is 12.5. The minimum absolute atomic E-state index is 0.0313. The van der Waals surface area contributed by atoms with Crippen molar-refractivity contribution < 1.29 is 4.79 Å². The molecule has 1 fully saturated rings. The van der Waals surface area contributed by atoms with Crippen molar-refractivity contribution in [1.29, 1.82) is 0 Å². The highest BCUT2D eigenvalue weighted by Crippen LogP contribution is 2.35. The third-order valence-corrected chi connectivity index (χ3v) is 4.88. The SMILES string of the molecule is CC1=CC[C@@H]2CN(C(=O)Cc3c[nH]c(=O)n(C)c3=O)C[C@@H]2C1. The topological polar surface area (TPSA) is 75.2 Å². The Hall–Kier alpha value is -2.11. The number of likely N-dealkylation sites (tertiary alicyclic amines) is 1. The highest BCUT2D eigenvalue weighted by molar-refractivity contribution is 5.79. The van der Waals surface area contributed by atoms with E-state index >= 15 is 0 Å². The van der Waals surface area contributed by atoms with E-state index in [1.54, 1.807) is 0 Å². The van der Waals surface area contributed by atoms with Crippen LogP contribution in [0, 0.1) is 11.8 Å². The highest BCUT2D eigenvalue weighted by Gasteiger charge is 2.36. The second-order valence-electron chi connectivity index (χ2n) is 6.47. The van der Waals surface area contributed by atoms with Crippen LogP contribution < -0.4 is 11.2 Å². The fourth-order valence-corrected chi connectivity index (χ4v) is 3.51. The molecule has 1 aliphatic carbocycles. The molecule has 0 unspecified atom stereocenters. The van der Waals surface area contributed by atoms with Gasteiger partial charge in [0.15, 0.2) is 0 Å². The molecule has 1 amide bonds. The number of aromatic amines is 1. The largest absolute Gasteiger partial charge is 0.342 e. The molecule has 1 N–H and O–H groups in total. The Labute approximate surface area is 128 Å². The van der Waals surface area contributed by atoms with E-state index < -0.39 is 11.2 Å². The van der Waals surface area contributed by atoms with Gasteiger partial charge in [0.1, 0.15) is 0 Å². The van der Waals surface area contributed by atoms with Crippen LogP contribution in [-0.2, 0) is 18.3 Å². The molecule has 1 aromatic heterocycles. The number of amides is 1. The van der Waals surface area contributed by atoms with Gasteiger partial charge in [-0.2, -0.15) is 0 Å². The number of carbonyl (C=O) groups is 1. The summed E-state index contributed by atoms with van der Waals surface area (Å²) >= 11 is 0. The van der Waals surface area contributed by atoms with Gasteiger partial charge in [0.2, 0.25) is 5.91 Å². The lowest BCUT2D eigenvalue weighted by Gasteiger charge is -2.21. The average Bonchev–Trinajstić information content (AvgIpc) is 2.91. The van der Waals surface area contributed by atoms with E-state index in [-0.39, 0.29) is 12.3 Å². The number of rotatable bonds is 2. The van der Waals surface area contributed by atoms with Gasteiger partial charge in [-0.1, -0.05) is 11.6 Å². The lowest BCUT2D eigenvalue weighted by Crippen LogP contribution is -2.37. The summed E-state index contributed by atoms with van der Waals surface area (Å²) in [6, 6.07) is 0. The number of nitrogens with one attached hydrogen (secondary N) is 1. The van der Waals surface area contributed by atoms with E-state index in [1.165, 1.54) is 18.8 Å². The minimum atomic E-state index is -0.463. The van der Waals surface area contributed by atoms with Gasteiger partial charge in [0.25, 0.3) is 5.56 Å². The van der Waals surface area contributed by atoms with Crippen molar-refractivity contribution in [3.63, 3.8) is 0 Å². The van der Waals surface area contributed by atoms with Crippen molar-refractivity contribution in [3.8, 4) is 0 Å². The molecule has 1 aliphatic heterocycles. The lowest BCUT2D eigenvalue weighted by molar-refractivity contribution is -0.129. The van der Waals surface area contributed by atoms with Gasteiger partial charge in [0.05, 0.1) is 6.42 Å². The monoisotopic (exact) mass is 303 g/mol. The second kappa shape index (κ2) is 5.59. The van der Waals surface area contributed by atoms with Crippen LogP contribution in [0.25, 0.3) is 0 Å². The molecule has 0 spiro atoms. The number of allylic oxidation sites excluding steroid dienone is 2. The zero-order chi connectivity index (χ0) is 15.9. The Bertz CT molecular complexity index is 744. The Kier molecular flexibility index (Phi) is 3.76. The normalized spacial score (nSPS) is 24.1. The van der Waals surface area contributed by atoms with Crippen molar-refractivity contribution in [1.82, 2.24) is 14.5 Å². The summed E-state index contributed by atoms with van der Waals surface area (Å²) in [5, 5.41) is 0. The lowest BCUT2D eigenvalue weighted by atomic mass is 9.83. The third kappa shape index (κ3) is 2.65. The fourth-order valence-electron chi connectivity index (χ4n) is 3.51. The molecule has 0 aromatic carbocycles. The van der Waals surface area contributed by atoms with Gasteiger partial charge in [0, 0.05) is 31.9 Å². The first-order valence-electron chi connectivity index (χ1n) is 7.66. The molecular weight excluding hydrogens is 282 g/mol. The van der Waals surface area contributed by atoms with E-state index in [2.05, 4.69) is 18.0 Å². The van der Waals surface area contributed by atoms with Gasteiger partial charge < -0.3 is 9.88 Å². The third-order valence-electron chi connectivity index (χ3n) is 4.88. The number of hydrogen-bond acceptors (Lipinski definition) is 3. The van der Waals surface area contributed by atoms with Gasteiger partial charge in [-0.25, -0.2) is 4.79 Å². The summed E-state index contributed by atoms with van der Waals surface area (Å²) < 4.78 is 1.000. The van der Waals surface area contributed by atoms with Crippen molar-refractivity contribution >= 4 is 5.91 Å². The van der Waals surface area contributed by atoms with E-state index in [0.29, 0.717) is 17.4 Å². The van der Waals surface area contributed by atoms with E-state index in [0.717, 1.165) is 30.5 Å². The summed E-state index contributed by atoms with van der Waals surface area (Å²) in [5.74, 6) is 1.06. The van der Waals surface area contributed by atoms with Crippen molar-refractivity contribution in [2.45, 2.75) is 26.2 Å². The summed E-state index contributed by atoms with van der Waals surface area (Å²) in [5.41, 5.74) is 0.891. The van der Waals surface area contributed by atoms with E-state index in [4.69, 9.17) is 0 Å². The van der Waals surface area contributed by atoms with E-state index in [1.807, 2.05) is 4.90 Å². The predicted octanol–water partition coefficient (Wildman–Crippen LogP) is 0.431.